The van der Waals surface area contributed by atoms with E-state index in [9.17, 15) is 5.21 Å². The van der Waals surface area contributed by atoms with E-state index in [0.29, 0.717) is 22.9 Å². The summed E-state index contributed by atoms with van der Waals surface area (Å²) in [6.07, 6.45) is 4.80. The van der Waals surface area contributed by atoms with Crippen LogP contribution in [0.5, 0.6) is 17.4 Å². The highest BCUT2D eigenvalue weighted by Gasteiger charge is 2.17. The largest absolute Gasteiger partial charge is 0.493 e. The molecule has 25 heavy (non-hydrogen) atoms. The molecular formula is C18H18N4O3. The summed E-state index contributed by atoms with van der Waals surface area (Å²) in [5, 5.41) is 12.9. The van der Waals surface area contributed by atoms with Gasteiger partial charge in [0.05, 0.1) is 12.7 Å². The van der Waals surface area contributed by atoms with E-state index >= 15 is 0 Å². The number of oxime groups is 1. The van der Waals surface area contributed by atoms with Crippen molar-refractivity contribution in [2.75, 3.05) is 7.11 Å². The molecule has 0 amide bonds. The molecule has 1 aromatic carbocycles. The number of benzene rings is 1. The van der Waals surface area contributed by atoms with Crippen LogP contribution in [0.4, 0.5) is 0 Å². The molecule has 0 unspecified atom stereocenters. The van der Waals surface area contributed by atoms with Crippen LogP contribution in [0, 0.1) is 13.8 Å². The lowest BCUT2D eigenvalue weighted by Gasteiger charge is -2.14. The number of rotatable bonds is 4. The van der Waals surface area contributed by atoms with Crippen molar-refractivity contribution in [1.82, 2.24) is 14.5 Å². The highest BCUT2D eigenvalue weighted by molar-refractivity contribution is 6.01. The second kappa shape index (κ2) is 7.04. The van der Waals surface area contributed by atoms with Gasteiger partial charge in [-0.15, -0.1) is 0 Å². The first-order valence-corrected chi connectivity index (χ1v) is 7.63. The number of hydrogen-bond donors (Lipinski definition) is 1. The minimum absolute atomic E-state index is 0.256. The number of imidazole rings is 1. The number of aryl methyl sites for hydroxylation is 2. The normalized spacial score (nSPS) is 11.4. The summed E-state index contributed by atoms with van der Waals surface area (Å²) < 4.78 is 12.9. The van der Waals surface area contributed by atoms with Crippen LogP contribution in [0.1, 0.15) is 16.8 Å². The summed E-state index contributed by atoms with van der Waals surface area (Å²) >= 11 is 0. The highest BCUT2D eigenvalue weighted by atomic mass is 16.5. The number of methoxy groups -OCH3 is 1. The molecule has 0 atom stereocenters. The second-order valence-electron chi connectivity index (χ2n) is 5.46. The van der Waals surface area contributed by atoms with Gasteiger partial charge in [-0.25, -0.2) is 9.97 Å². The van der Waals surface area contributed by atoms with Crippen molar-refractivity contribution in [2.24, 2.45) is 5.16 Å². The maximum atomic E-state index is 9.48. The molecule has 0 aliphatic rings. The first kappa shape index (κ1) is 16.5. The maximum Gasteiger partial charge on any atom is 0.230 e. The molecule has 0 bridgehead atoms. The van der Waals surface area contributed by atoms with E-state index in [1.54, 1.807) is 30.1 Å². The first-order valence-electron chi connectivity index (χ1n) is 7.63. The fourth-order valence-electron chi connectivity index (χ4n) is 2.37. The molecule has 0 aliphatic carbocycles. The van der Waals surface area contributed by atoms with Crippen LogP contribution in [0.3, 0.4) is 0 Å². The quantitative estimate of drug-likeness (QED) is 0.341. The molecule has 0 spiro atoms. The van der Waals surface area contributed by atoms with E-state index in [4.69, 9.17) is 9.47 Å². The van der Waals surface area contributed by atoms with Crippen LogP contribution in [0.15, 0.2) is 54.2 Å². The lowest BCUT2D eigenvalue weighted by molar-refractivity contribution is 0.317. The lowest BCUT2D eigenvalue weighted by Crippen LogP contribution is -2.14. The van der Waals surface area contributed by atoms with Crippen LogP contribution >= 0.6 is 0 Å². The standard InChI is InChI=1S/C18H18N4O3/c1-12-4-7-15(16(10-12)24-3)25-18-14(6-5-13(2)20-18)17(21-23)22-9-8-19-11-22/h4-11,23H,1-3H3/b21-17-. The highest BCUT2D eigenvalue weighted by Crippen LogP contribution is 2.33. The molecule has 7 nitrogen and oxygen atoms in total. The molecule has 128 valence electrons. The number of pyridine rings is 1. The average Bonchev–Trinajstić information content (AvgIpc) is 3.13. The Bertz CT molecular complexity index is 905. The molecule has 1 N–H and O–H groups in total. The zero-order valence-corrected chi connectivity index (χ0v) is 14.2. The van der Waals surface area contributed by atoms with Crippen molar-refractivity contribution in [2.45, 2.75) is 13.8 Å². The van der Waals surface area contributed by atoms with Crippen molar-refractivity contribution in [1.29, 1.82) is 0 Å². The smallest absolute Gasteiger partial charge is 0.230 e. The Labute approximate surface area is 145 Å². The SMILES string of the molecule is COc1cc(C)ccc1Oc1nc(C)ccc1/C(=N/O)n1ccnc1. The van der Waals surface area contributed by atoms with Gasteiger partial charge in [0.15, 0.2) is 17.3 Å². The number of hydrogen-bond acceptors (Lipinski definition) is 6. The minimum atomic E-state index is 0.256. The van der Waals surface area contributed by atoms with Crippen molar-refractivity contribution in [3.05, 3.63) is 65.9 Å². The molecule has 7 heteroatoms. The van der Waals surface area contributed by atoms with Crippen LogP contribution in [0.25, 0.3) is 0 Å². The zero-order chi connectivity index (χ0) is 17.8. The van der Waals surface area contributed by atoms with E-state index in [0.717, 1.165) is 11.3 Å². The van der Waals surface area contributed by atoms with E-state index in [1.165, 1.54) is 6.33 Å². The Morgan fingerprint density at radius 1 is 1.16 bits per heavy atom. The predicted molar refractivity (Wildman–Crippen MR) is 92.7 cm³/mol. The Kier molecular flexibility index (Phi) is 4.65. The van der Waals surface area contributed by atoms with Gasteiger partial charge in [0.2, 0.25) is 5.88 Å². The molecule has 2 heterocycles. The molecule has 0 saturated heterocycles. The lowest BCUT2D eigenvalue weighted by atomic mass is 10.2. The maximum absolute atomic E-state index is 9.48. The van der Waals surface area contributed by atoms with E-state index in [-0.39, 0.29) is 5.84 Å². The summed E-state index contributed by atoms with van der Waals surface area (Å²) in [5.41, 5.74) is 2.35. The second-order valence-corrected chi connectivity index (χ2v) is 5.46. The van der Waals surface area contributed by atoms with Crippen LogP contribution in [0.2, 0.25) is 0 Å². The van der Waals surface area contributed by atoms with Gasteiger partial charge in [0, 0.05) is 18.1 Å². The molecule has 0 aliphatic heterocycles. The van der Waals surface area contributed by atoms with Crippen molar-refractivity contribution in [3.8, 4) is 17.4 Å². The van der Waals surface area contributed by atoms with Crippen LogP contribution in [-0.4, -0.2) is 32.7 Å². The molecular weight excluding hydrogens is 320 g/mol. The van der Waals surface area contributed by atoms with Gasteiger partial charge in [-0.3, -0.25) is 4.57 Å². The van der Waals surface area contributed by atoms with Gasteiger partial charge >= 0.3 is 0 Å². The third-order valence-corrected chi connectivity index (χ3v) is 3.61. The Morgan fingerprint density at radius 3 is 2.68 bits per heavy atom. The van der Waals surface area contributed by atoms with Gasteiger partial charge < -0.3 is 14.7 Å². The summed E-state index contributed by atoms with van der Waals surface area (Å²) in [6, 6.07) is 9.21. The zero-order valence-electron chi connectivity index (χ0n) is 14.2. The van der Waals surface area contributed by atoms with Gasteiger partial charge in [0.1, 0.15) is 6.33 Å². The fraction of sp³-hybridized carbons (Fsp3) is 0.167. The van der Waals surface area contributed by atoms with Gasteiger partial charge in [-0.05, 0) is 43.7 Å². The molecule has 0 saturated carbocycles. The molecule has 2 aromatic heterocycles. The van der Waals surface area contributed by atoms with Gasteiger partial charge in [0.25, 0.3) is 0 Å². The summed E-state index contributed by atoms with van der Waals surface area (Å²) in [7, 11) is 1.58. The van der Waals surface area contributed by atoms with Crippen molar-refractivity contribution >= 4 is 5.84 Å². The minimum Gasteiger partial charge on any atom is -0.493 e. The first-order chi connectivity index (χ1) is 12.1. The van der Waals surface area contributed by atoms with E-state index < -0.39 is 0 Å². The topological polar surface area (TPSA) is 81.8 Å². The molecule has 0 radical (unpaired) electrons. The predicted octanol–water partition coefficient (Wildman–Crippen LogP) is 3.38. The molecule has 3 aromatic rings. The van der Waals surface area contributed by atoms with E-state index in [2.05, 4.69) is 15.1 Å². The van der Waals surface area contributed by atoms with E-state index in [1.807, 2.05) is 38.1 Å². The Balaban J connectivity index is 2.06. The van der Waals surface area contributed by atoms with Gasteiger partial charge in [-0.2, -0.15) is 0 Å². The van der Waals surface area contributed by atoms with Crippen molar-refractivity contribution in [3.63, 3.8) is 0 Å². The fourth-order valence-corrected chi connectivity index (χ4v) is 2.37. The van der Waals surface area contributed by atoms with Crippen LogP contribution < -0.4 is 9.47 Å². The van der Waals surface area contributed by atoms with Crippen molar-refractivity contribution < 1.29 is 14.7 Å². The summed E-state index contributed by atoms with van der Waals surface area (Å²) in [5.74, 6) is 1.68. The monoisotopic (exact) mass is 338 g/mol. The third-order valence-electron chi connectivity index (χ3n) is 3.61. The Morgan fingerprint density at radius 2 is 2.00 bits per heavy atom. The number of nitrogens with zero attached hydrogens (tertiary/aromatic N) is 4. The molecule has 0 fully saturated rings. The van der Waals surface area contributed by atoms with Crippen LogP contribution in [-0.2, 0) is 0 Å². The average molecular weight is 338 g/mol. The Hall–Kier alpha value is -3.35. The number of ether oxygens (including phenoxy) is 2. The third kappa shape index (κ3) is 3.45. The summed E-state index contributed by atoms with van der Waals surface area (Å²) in [4.78, 5) is 8.42. The molecule has 3 rings (SSSR count). The summed E-state index contributed by atoms with van der Waals surface area (Å²) in [6.45, 7) is 3.83. The number of aromatic nitrogens is 3. The van der Waals surface area contributed by atoms with Gasteiger partial charge in [-0.1, -0.05) is 11.2 Å².